The summed E-state index contributed by atoms with van der Waals surface area (Å²) >= 11 is 0. The predicted octanol–water partition coefficient (Wildman–Crippen LogP) is 2.98. The van der Waals surface area contributed by atoms with E-state index in [-0.39, 0.29) is 42.1 Å². The summed E-state index contributed by atoms with van der Waals surface area (Å²) < 4.78 is 16.3. The summed E-state index contributed by atoms with van der Waals surface area (Å²) in [7, 11) is 0. The number of aromatic nitrogens is 2. The van der Waals surface area contributed by atoms with Gasteiger partial charge in [-0.05, 0) is 47.4 Å². The number of aliphatic hydroxyl groups excluding tert-OH is 1. The zero-order valence-electron chi connectivity index (χ0n) is 20.6. The molecule has 0 unspecified atom stereocenters. The Balaban J connectivity index is 1.58. The number of rotatable bonds is 8. The van der Waals surface area contributed by atoms with Gasteiger partial charge in [0.2, 0.25) is 5.91 Å². The molecule has 1 aliphatic rings. The van der Waals surface area contributed by atoms with Crippen molar-refractivity contribution in [2.75, 3.05) is 13.2 Å². The molecule has 8 nitrogen and oxygen atoms in total. The quantitative estimate of drug-likeness (QED) is 0.448. The highest BCUT2D eigenvalue weighted by atomic mass is 19.1. The highest BCUT2D eigenvalue weighted by molar-refractivity contribution is 6.06. The van der Waals surface area contributed by atoms with E-state index in [1.165, 1.54) is 16.8 Å². The normalized spacial score (nSPS) is 17.9. The summed E-state index contributed by atoms with van der Waals surface area (Å²) in [6.07, 6.45) is 0.873. The predicted molar refractivity (Wildman–Crippen MR) is 132 cm³/mol. The van der Waals surface area contributed by atoms with Gasteiger partial charge in [-0.15, -0.1) is 0 Å². The van der Waals surface area contributed by atoms with Crippen LogP contribution in [0.2, 0.25) is 0 Å². The van der Waals surface area contributed by atoms with Crippen molar-refractivity contribution in [3.63, 3.8) is 0 Å². The average molecular weight is 492 g/mol. The molecule has 1 saturated carbocycles. The van der Waals surface area contributed by atoms with E-state index >= 15 is 0 Å². The Labute approximate surface area is 209 Å². The Kier molecular flexibility index (Phi) is 7.09. The summed E-state index contributed by atoms with van der Waals surface area (Å²) in [5, 5.41) is 28.7. The lowest BCUT2D eigenvalue weighted by atomic mass is 9.86. The zero-order valence-corrected chi connectivity index (χ0v) is 20.6. The molecule has 9 heteroatoms. The SMILES string of the molecule is CC(C)(C)[C@H](NC(=O)c1nn(Cc2ccc(C#N)cc2)c2c(F)cccc12)C(=O)NC[C@H]1C[C@H]1CO. The molecule has 3 aromatic rings. The number of nitrogens with zero attached hydrogens (tertiary/aromatic N) is 3. The van der Waals surface area contributed by atoms with Crippen molar-refractivity contribution in [1.82, 2.24) is 20.4 Å². The van der Waals surface area contributed by atoms with Crippen molar-refractivity contribution in [2.24, 2.45) is 17.3 Å². The molecule has 0 radical (unpaired) electrons. The summed E-state index contributed by atoms with van der Waals surface area (Å²) in [5.74, 6) is -0.930. The standard InChI is InChI=1S/C27H30FN5O3/c1-27(2,3)24(26(36)30-13-18-11-19(18)15-34)31-25(35)22-20-5-4-6-21(28)23(20)33(32-22)14-17-9-7-16(12-29)8-10-17/h4-10,18-19,24,34H,11,13-15H2,1-3H3,(H,30,36)(H,31,35)/t18-,19+,24-/m1/s1. The molecule has 188 valence electrons. The van der Waals surface area contributed by atoms with Crippen LogP contribution in [-0.2, 0) is 11.3 Å². The minimum absolute atomic E-state index is 0.0303. The topological polar surface area (TPSA) is 120 Å². The summed E-state index contributed by atoms with van der Waals surface area (Å²) in [6.45, 7) is 6.31. The Bertz CT molecular complexity index is 1320. The molecule has 0 spiro atoms. The van der Waals surface area contributed by atoms with E-state index in [9.17, 15) is 19.1 Å². The monoisotopic (exact) mass is 491 g/mol. The first-order chi connectivity index (χ1) is 17.1. The third-order valence-electron chi connectivity index (χ3n) is 6.60. The van der Waals surface area contributed by atoms with E-state index < -0.39 is 23.2 Å². The molecular formula is C27H30FN5O3. The number of aliphatic hydroxyl groups is 1. The smallest absolute Gasteiger partial charge is 0.273 e. The zero-order chi connectivity index (χ0) is 26.0. The van der Waals surface area contributed by atoms with Gasteiger partial charge in [0.25, 0.3) is 5.91 Å². The highest BCUT2D eigenvalue weighted by Gasteiger charge is 2.38. The van der Waals surface area contributed by atoms with Gasteiger partial charge >= 0.3 is 0 Å². The van der Waals surface area contributed by atoms with Crippen LogP contribution >= 0.6 is 0 Å². The van der Waals surface area contributed by atoms with Gasteiger partial charge in [0.15, 0.2) is 5.69 Å². The lowest BCUT2D eigenvalue weighted by Crippen LogP contribution is -2.54. The maximum atomic E-state index is 14.9. The van der Waals surface area contributed by atoms with E-state index in [1.54, 1.807) is 30.3 Å². The third kappa shape index (κ3) is 5.39. The highest BCUT2D eigenvalue weighted by Crippen LogP contribution is 2.37. The maximum Gasteiger partial charge on any atom is 0.273 e. The number of fused-ring (bicyclic) bond motifs is 1. The fourth-order valence-electron chi connectivity index (χ4n) is 4.33. The van der Waals surface area contributed by atoms with Crippen molar-refractivity contribution in [3.05, 3.63) is 65.1 Å². The molecule has 3 atom stereocenters. The van der Waals surface area contributed by atoms with Crippen LogP contribution in [0.25, 0.3) is 10.9 Å². The van der Waals surface area contributed by atoms with E-state index in [1.807, 2.05) is 20.8 Å². The summed E-state index contributed by atoms with van der Waals surface area (Å²) in [5.41, 5.74) is 0.929. The number of hydrogen-bond donors (Lipinski definition) is 3. The second-order valence-electron chi connectivity index (χ2n) is 10.4. The molecule has 36 heavy (non-hydrogen) atoms. The first kappa shape index (κ1) is 25.3. The molecule has 1 aliphatic carbocycles. The number of nitriles is 1. The molecule has 2 aromatic carbocycles. The fourth-order valence-corrected chi connectivity index (χ4v) is 4.33. The van der Waals surface area contributed by atoms with E-state index in [0.717, 1.165) is 12.0 Å². The molecule has 0 bridgehead atoms. The number of amides is 2. The Morgan fingerprint density at radius 2 is 1.94 bits per heavy atom. The number of hydrogen-bond acceptors (Lipinski definition) is 5. The number of nitrogens with one attached hydrogen (secondary N) is 2. The van der Waals surface area contributed by atoms with Gasteiger partial charge in [0.1, 0.15) is 17.4 Å². The number of halogens is 1. The van der Waals surface area contributed by atoms with E-state index in [4.69, 9.17) is 5.26 Å². The average Bonchev–Trinajstić information content (AvgIpc) is 3.52. The van der Waals surface area contributed by atoms with Gasteiger partial charge < -0.3 is 15.7 Å². The van der Waals surface area contributed by atoms with Crippen LogP contribution in [0.5, 0.6) is 0 Å². The number of benzene rings is 2. The first-order valence-electron chi connectivity index (χ1n) is 12.0. The number of carbonyl (C=O) groups is 2. The second-order valence-corrected chi connectivity index (χ2v) is 10.4. The van der Waals surface area contributed by atoms with E-state index in [0.29, 0.717) is 17.5 Å². The van der Waals surface area contributed by atoms with Crippen LogP contribution in [-0.4, -0.2) is 45.9 Å². The van der Waals surface area contributed by atoms with Gasteiger partial charge in [-0.25, -0.2) is 4.39 Å². The van der Waals surface area contributed by atoms with Crippen molar-refractivity contribution in [2.45, 2.75) is 39.8 Å². The molecule has 1 heterocycles. The molecule has 1 aromatic heterocycles. The fraction of sp³-hybridized carbons (Fsp3) is 0.407. The van der Waals surface area contributed by atoms with Crippen LogP contribution in [0.15, 0.2) is 42.5 Å². The van der Waals surface area contributed by atoms with Crippen LogP contribution < -0.4 is 10.6 Å². The summed E-state index contributed by atoms with van der Waals surface area (Å²) in [4.78, 5) is 26.4. The van der Waals surface area contributed by atoms with Gasteiger partial charge in [-0.3, -0.25) is 14.3 Å². The lowest BCUT2D eigenvalue weighted by molar-refractivity contribution is -0.125. The van der Waals surface area contributed by atoms with Gasteiger partial charge in [-0.1, -0.05) is 45.0 Å². The van der Waals surface area contributed by atoms with Crippen molar-refractivity contribution in [3.8, 4) is 6.07 Å². The number of para-hydroxylation sites is 1. The minimum Gasteiger partial charge on any atom is -0.396 e. The van der Waals surface area contributed by atoms with Crippen LogP contribution in [0.4, 0.5) is 4.39 Å². The van der Waals surface area contributed by atoms with Crippen molar-refractivity contribution in [1.29, 1.82) is 5.26 Å². The Morgan fingerprint density at radius 3 is 2.56 bits per heavy atom. The lowest BCUT2D eigenvalue weighted by Gasteiger charge is -2.30. The molecule has 2 amide bonds. The van der Waals surface area contributed by atoms with Crippen molar-refractivity contribution < 1.29 is 19.1 Å². The molecule has 4 rings (SSSR count). The minimum atomic E-state index is -0.844. The third-order valence-corrected chi connectivity index (χ3v) is 6.60. The Morgan fingerprint density at radius 1 is 1.22 bits per heavy atom. The van der Waals surface area contributed by atoms with Crippen LogP contribution in [0.3, 0.4) is 0 Å². The molecule has 0 aliphatic heterocycles. The maximum absolute atomic E-state index is 14.9. The Hall–Kier alpha value is -3.77. The van der Waals surface area contributed by atoms with Gasteiger partial charge in [0, 0.05) is 18.5 Å². The number of carbonyl (C=O) groups excluding carboxylic acids is 2. The van der Waals surface area contributed by atoms with E-state index in [2.05, 4.69) is 21.8 Å². The van der Waals surface area contributed by atoms with Crippen LogP contribution in [0, 0.1) is 34.4 Å². The van der Waals surface area contributed by atoms with Crippen molar-refractivity contribution >= 4 is 22.7 Å². The summed E-state index contributed by atoms with van der Waals surface area (Å²) in [6, 6.07) is 12.5. The van der Waals surface area contributed by atoms with Crippen LogP contribution in [0.1, 0.15) is 48.8 Å². The largest absolute Gasteiger partial charge is 0.396 e. The molecule has 3 N–H and O–H groups in total. The molecule has 1 fully saturated rings. The van der Waals surface area contributed by atoms with Gasteiger partial charge in [0.05, 0.1) is 18.2 Å². The first-order valence-corrected chi connectivity index (χ1v) is 12.0. The van der Waals surface area contributed by atoms with Gasteiger partial charge in [-0.2, -0.15) is 10.4 Å². The molecule has 0 saturated heterocycles. The second kappa shape index (κ2) is 10.1. The molecular weight excluding hydrogens is 461 g/mol.